The summed E-state index contributed by atoms with van der Waals surface area (Å²) in [5.41, 5.74) is 1.28. The zero-order chi connectivity index (χ0) is 49.1. The van der Waals surface area contributed by atoms with Crippen LogP contribution in [0.15, 0.2) is 189 Å². The highest BCUT2D eigenvalue weighted by atomic mass is 32.2. The van der Waals surface area contributed by atoms with Gasteiger partial charge in [0.25, 0.3) is 11.8 Å². The maximum Gasteiger partial charge on any atom is 0.413 e. The van der Waals surface area contributed by atoms with Crippen LogP contribution in [0.5, 0.6) is 0 Å². The number of allylic oxidation sites excluding steroid dienone is 1. The molecule has 0 saturated carbocycles. The number of anilines is 1. The van der Waals surface area contributed by atoms with Gasteiger partial charge in [-0.15, -0.1) is 23.1 Å². The van der Waals surface area contributed by atoms with E-state index < -0.39 is 52.6 Å². The number of esters is 1. The molecule has 17 heteroatoms. The number of nitrogens with one attached hydrogen (secondary N) is 2. The van der Waals surface area contributed by atoms with Crippen molar-refractivity contribution in [1.29, 1.82) is 0 Å². The molecule has 2 aliphatic rings. The van der Waals surface area contributed by atoms with Gasteiger partial charge >= 0.3 is 12.1 Å². The molecule has 6 aromatic rings. The highest BCUT2D eigenvalue weighted by Gasteiger charge is 2.55. The molecule has 1 fully saturated rings. The van der Waals surface area contributed by atoms with Crippen LogP contribution in [0.3, 0.4) is 0 Å². The number of thioether (sulfide) groups is 2. The minimum atomic E-state index is -1.39. The average Bonchev–Trinajstić information content (AvgIpc) is 3.84. The summed E-state index contributed by atoms with van der Waals surface area (Å²) in [6.07, 6.45) is 1.57. The lowest BCUT2D eigenvalue weighted by Gasteiger charge is -2.49. The molecule has 2 aliphatic heterocycles. The third kappa shape index (κ3) is 11.2. The number of carbonyl (C=O) groups excluding carboxylic acids is 4. The molecule has 1 aromatic heterocycles. The molecule has 2 atom stereocenters. The zero-order valence-electron chi connectivity index (χ0n) is 38.5. The number of fused-ring (bicyclic) bond motifs is 1. The Morgan fingerprint density at radius 1 is 0.814 bits per heavy atom. The van der Waals surface area contributed by atoms with Gasteiger partial charge in [0.1, 0.15) is 35.5 Å². The maximum absolute atomic E-state index is 14.9. The summed E-state index contributed by atoms with van der Waals surface area (Å²) in [6.45, 7) is 5.22. The van der Waals surface area contributed by atoms with Gasteiger partial charge in [-0.3, -0.25) is 19.8 Å². The highest BCUT2D eigenvalue weighted by molar-refractivity contribution is 8.08. The van der Waals surface area contributed by atoms with Crippen LogP contribution in [0, 0.1) is 0 Å². The van der Waals surface area contributed by atoms with E-state index >= 15 is 0 Å². The number of hydrogen-bond acceptors (Lipinski definition) is 14. The summed E-state index contributed by atoms with van der Waals surface area (Å²) >= 11 is 3.66. The second-order valence-corrected chi connectivity index (χ2v) is 19.6. The van der Waals surface area contributed by atoms with Crippen LogP contribution in [-0.2, 0) is 39.1 Å². The fourth-order valence-electron chi connectivity index (χ4n) is 7.71. The second kappa shape index (κ2) is 22.3. The second-order valence-electron chi connectivity index (χ2n) is 16.6. The topological polar surface area (TPSA) is 170 Å². The number of hydrogen-bond donors (Lipinski definition) is 2. The summed E-state index contributed by atoms with van der Waals surface area (Å²) in [6, 6.07) is 46.1. The van der Waals surface area contributed by atoms with Crippen molar-refractivity contribution < 1.29 is 38.3 Å². The molecule has 1 saturated heterocycles. The Morgan fingerprint density at radius 3 is 1.89 bits per heavy atom. The van der Waals surface area contributed by atoms with Crippen molar-refractivity contribution in [2.45, 2.75) is 49.5 Å². The third-order valence-electron chi connectivity index (χ3n) is 10.8. The van der Waals surface area contributed by atoms with Crippen LogP contribution < -0.4 is 10.6 Å². The smallest absolute Gasteiger partial charge is 0.413 e. The van der Waals surface area contributed by atoms with Crippen LogP contribution >= 0.6 is 34.9 Å². The number of benzene rings is 5. The van der Waals surface area contributed by atoms with Gasteiger partial charge in [0, 0.05) is 32.7 Å². The Hall–Kier alpha value is -7.47. The average molecular weight is 993 g/mol. The number of aromatic nitrogens is 1. The molecular formula is C53H48N6O8S3. The van der Waals surface area contributed by atoms with Gasteiger partial charge in [-0.05, 0) is 43.4 Å². The zero-order valence-corrected chi connectivity index (χ0v) is 40.9. The van der Waals surface area contributed by atoms with Crippen molar-refractivity contribution in [3.8, 4) is 0 Å². The predicted octanol–water partition coefficient (Wildman–Crippen LogP) is 10.0. The Kier molecular flexibility index (Phi) is 15.6. The monoisotopic (exact) mass is 992 g/mol. The van der Waals surface area contributed by atoms with Crippen LogP contribution in [0.1, 0.15) is 60.4 Å². The van der Waals surface area contributed by atoms with Crippen molar-refractivity contribution in [2.24, 2.45) is 10.3 Å². The summed E-state index contributed by atoms with van der Waals surface area (Å²) in [7, 11) is 1.43. The van der Waals surface area contributed by atoms with E-state index in [1.165, 1.54) is 41.7 Å². The Morgan fingerprint density at radius 2 is 1.36 bits per heavy atom. The van der Waals surface area contributed by atoms with E-state index in [1.54, 1.807) is 37.6 Å². The first-order valence-corrected chi connectivity index (χ1v) is 24.8. The van der Waals surface area contributed by atoms with Gasteiger partial charge in [-0.1, -0.05) is 174 Å². The molecule has 2 N–H and O–H groups in total. The Balaban J connectivity index is 1.15. The lowest BCUT2D eigenvalue weighted by atomic mass is 9.80. The van der Waals surface area contributed by atoms with Crippen molar-refractivity contribution in [3.05, 3.63) is 213 Å². The Bertz CT molecular complexity index is 2780. The van der Waals surface area contributed by atoms with E-state index in [0.717, 1.165) is 22.5 Å². The first kappa shape index (κ1) is 49.0. The van der Waals surface area contributed by atoms with Crippen molar-refractivity contribution in [2.75, 3.05) is 18.2 Å². The molecule has 5 aromatic carbocycles. The van der Waals surface area contributed by atoms with Gasteiger partial charge < -0.3 is 24.5 Å². The number of β-lactam (4-membered cyclic amide) rings is 1. The number of nitrogens with zero attached hydrogens (tertiary/aromatic N) is 4. The number of amides is 3. The van der Waals surface area contributed by atoms with Crippen molar-refractivity contribution in [1.82, 2.24) is 15.2 Å². The fourth-order valence-corrected chi connectivity index (χ4v) is 10.7. The summed E-state index contributed by atoms with van der Waals surface area (Å²) in [5.74, 6) is -1.76. The molecular weight excluding hydrogens is 945 g/mol. The van der Waals surface area contributed by atoms with Crippen LogP contribution in [0.2, 0.25) is 0 Å². The fraction of sp³-hybridized carbons (Fsp3) is 0.189. The summed E-state index contributed by atoms with van der Waals surface area (Å²) in [5, 5.41) is 16.6. The summed E-state index contributed by atoms with van der Waals surface area (Å²) < 4.78 is 11.8. The van der Waals surface area contributed by atoms with E-state index in [-0.39, 0.29) is 22.2 Å². The van der Waals surface area contributed by atoms with Gasteiger partial charge in [-0.2, -0.15) is 0 Å². The largest absolute Gasteiger partial charge is 0.448 e. The molecule has 0 bridgehead atoms. The predicted molar refractivity (Wildman–Crippen MR) is 274 cm³/mol. The van der Waals surface area contributed by atoms with E-state index in [0.29, 0.717) is 27.3 Å². The van der Waals surface area contributed by atoms with Crippen molar-refractivity contribution >= 4 is 75.8 Å². The summed E-state index contributed by atoms with van der Waals surface area (Å²) in [4.78, 5) is 74.9. The van der Waals surface area contributed by atoms with E-state index in [2.05, 4.69) is 25.9 Å². The molecule has 0 spiro atoms. The maximum atomic E-state index is 14.9. The van der Waals surface area contributed by atoms with Crippen LogP contribution in [-0.4, -0.2) is 75.6 Å². The lowest BCUT2D eigenvalue weighted by Crippen LogP contribution is -2.71. The number of ether oxygens (including phenoxy) is 2. The molecule has 0 radical (unpaired) electrons. The first-order chi connectivity index (χ1) is 34.0. The van der Waals surface area contributed by atoms with Gasteiger partial charge in [0.15, 0.2) is 16.9 Å². The third-order valence-corrected chi connectivity index (χ3v) is 13.9. The quantitative estimate of drug-likeness (QED) is 0.0293. The molecule has 14 nitrogen and oxygen atoms in total. The van der Waals surface area contributed by atoms with Crippen LogP contribution in [0.25, 0.3) is 0 Å². The van der Waals surface area contributed by atoms with Gasteiger partial charge in [0.2, 0.25) is 5.60 Å². The number of thiazole rings is 1. The number of carbonyl (C=O) groups is 4. The Labute approximate surface area is 417 Å². The molecule has 70 heavy (non-hydrogen) atoms. The van der Waals surface area contributed by atoms with Gasteiger partial charge in [-0.25, -0.2) is 14.6 Å². The number of oxime groups is 2. The minimum absolute atomic E-state index is 0.0519. The molecule has 8 rings (SSSR count). The highest BCUT2D eigenvalue weighted by Crippen LogP contribution is 2.45. The SMILES string of the molecule is CO/N=C/C=C\SC1=C(C(=O)OC(c2ccccc2)c2ccccc2)N2C(=O)C(NC(=O)/C(=N\OC(c3ccccc3)(c3ccccc3)c3ccccc3)c3csc(NC(=O)OC(C)(C)C)n3)[C@H]2SC1. The molecule has 3 amide bonds. The molecule has 1 unspecified atom stereocenters. The van der Waals surface area contributed by atoms with Gasteiger partial charge in [0.05, 0.1) is 6.21 Å². The first-order valence-electron chi connectivity index (χ1n) is 22.0. The molecule has 356 valence electrons. The molecule has 3 heterocycles. The number of rotatable bonds is 17. The minimum Gasteiger partial charge on any atom is -0.448 e. The van der Waals surface area contributed by atoms with Crippen molar-refractivity contribution in [3.63, 3.8) is 0 Å². The van der Waals surface area contributed by atoms with E-state index in [9.17, 15) is 19.2 Å². The lowest BCUT2D eigenvalue weighted by molar-refractivity contribution is -0.154. The van der Waals surface area contributed by atoms with E-state index in [4.69, 9.17) is 19.1 Å². The molecule has 0 aliphatic carbocycles. The normalized spacial score (nSPS) is 16.2. The van der Waals surface area contributed by atoms with Crippen LogP contribution in [0.4, 0.5) is 9.93 Å². The van der Waals surface area contributed by atoms with E-state index in [1.807, 2.05) is 152 Å². The standard InChI is InChI=1S/C53H48N6O8S3/c1-52(2,3)66-51(63)57-50-55-40(33-70-50)42(58-67-53(37-25-14-7-15-26-37,38-27-16-8-17-28-38)39-29-18-9-19-30-39)46(60)56-43-47(61)59-44(41(34-69-48(43)59)68-32-20-31-54-64-4)49(62)65-45(35-21-10-5-11-22-35)36-23-12-6-13-24-36/h5-33,43,45,48H,34H2,1-4H3,(H,56,60)(H,55,57,63)/b32-20-,54-31+,58-42-/t43?,48-/m1/s1.